The van der Waals surface area contributed by atoms with Gasteiger partial charge in [-0.25, -0.2) is 0 Å². The Morgan fingerprint density at radius 3 is 2.24 bits per heavy atom. The minimum Gasteiger partial charge on any atom is -0.481 e. The highest BCUT2D eigenvalue weighted by Crippen LogP contribution is 2.38. The molecule has 0 radical (unpaired) electrons. The minimum atomic E-state index is -0.853. The highest BCUT2D eigenvalue weighted by atomic mass is 16.5. The average molecular weight is 296 g/mol. The summed E-state index contributed by atoms with van der Waals surface area (Å²) in [5, 5.41) is 9.34. The molecule has 120 valence electrons. The van der Waals surface area contributed by atoms with Gasteiger partial charge in [-0.2, -0.15) is 0 Å². The van der Waals surface area contributed by atoms with Crippen molar-refractivity contribution in [2.45, 2.75) is 71.8 Å². The van der Waals surface area contributed by atoms with Gasteiger partial charge in [0.15, 0.2) is 0 Å². The van der Waals surface area contributed by atoms with Gasteiger partial charge in [-0.3, -0.25) is 9.59 Å². The first kappa shape index (κ1) is 16.3. The number of carbonyl (C=O) groups is 2. The average Bonchev–Trinajstić information content (AvgIpc) is 2.41. The summed E-state index contributed by atoms with van der Waals surface area (Å²) in [5.74, 6) is -1.77. The zero-order valence-electron chi connectivity index (χ0n) is 13.4. The summed E-state index contributed by atoms with van der Waals surface area (Å²) in [6, 6.07) is 0. The molecule has 0 saturated heterocycles. The van der Waals surface area contributed by atoms with E-state index in [1.165, 1.54) is 0 Å². The molecule has 0 heterocycles. The Bertz CT molecular complexity index is 392. The maximum atomic E-state index is 12.4. The lowest BCUT2D eigenvalue weighted by atomic mass is 9.74. The summed E-state index contributed by atoms with van der Waals surface area (Å²) in [7, 11) is 0. The smallest absolute Gasteiger partial charge is 0.310 e. The second-order valence-electron chi connectivity index (χ2n) is 7.77. The Kier molecular flexibility index (Phi) is 4.95. The lowest BCUT2D eigenvalue weighted by molar-refractivity contribution is -0.166. The van der Waals surface area contributed by atoms with Crippen molar-refractivity contribution in [1.29, 1.82) is 0 Å². The molecule has 0 spiro atoms. The van der Waals surface area contributed by atoms with Crippen LogP contribution in [0, 0.1) is 23.2 Å². The molecular weight excluding hydrogens is 268 g/mol. The van der Waals surface area contributed by atoms with Gasteiger partial charge < -0.3 is 9.84 Å². The number of hydrogen-bond donors (Lipinski definition) is 1. The van der Waals surface area contributed by atoms with E-state index in [1.807, 2.05) is 0 Å². The molecule has 2 saturated carbocycles. The van der Waals surface area contributed by atoms with E-state index in [0.29, 0.717) is 24.2 Å². The Morgan fingerprint density at radius 1 is 1.05 bits per heavy atom. The molecule has 4 heteroatoms. The highest BCUT2D eigenvalue weighted by molar-refractivity contribution is 5.81. The van der Waals surface area contributed by atoms with Gasteiger partial charge in [0.25, 0.3) is 0 Å². The van der Waals surface area contributed by atoms with E-state index in [4.69, 9.17) is 4.74 Å². The number of ether oxygens (including phenoxy) is 1. The topological polar surface area (TPSA) is 63.6 Å². The fraction of sp³-hybridized carbons (Fsp3) is 0.882. The molecular formula is C17H28O4. The van der Waals surface area contributed by atoms with Crippen LogP contribution in [0.5, 0.6) is 0 Å². The van der Waals surface area contributed by atoms with Gasteiger partial charge in [0, 0.05) is 0 Å². The molecule has 1 N–H and O–H groups in total. The van der Waals surface area contributed by atoms with Crippen molar-refractivity contribution in [3.05, 3.63) is 0 Å². The van der Waals surface area contributed by atoms with E-state index in [9.17, 15) is 14.7 Å². The van der Waals surface area contributed by atoms with Crippen LogP contribution in [-0.2, 0) is 14.3 Å². The number of aliphatic carboxylic acids is 1. The van der Waals surface area contributed by atoms with Gasteiger partial charge >= 0.3 is 11.9 Å². The number of carboxylic acids is 1. The molecule has 2 fully saturated rings. The molecule has 4 nitrogen and oxygen atoms in total. The van der Waals surface area contributed by atoms with Crippen molar-refractivity contribution in [3.63, 3.8) is 0 Å². The van der Waals surface area contributed by atoms with E-state index < -0.39 is 17.8 Å². The Morgan fingerprint density at radius 2 is 1.67 bits per heavy atom. The Balaban J connectivity index is 1.91. The van der Waals surface area contributed by atoms with Crippen molar-refractivity contribution in [2.24, 2.45) is 23.2 Å². The number of rotatable bonds is 3. The monoisotopic (exact) mass is 296 g/mol. The predicted octanol–water partition coefficient (Wildman–Crippen LogP) is 3.64. The summed E-state index contributed by atoms with van der Waals surface area (Å²) in [6.45, 7) is 6.54. The van der Waals surface area contributed by atoms with Gasteiger partial charge in [0.1, 0.15) is 6.10 Å². The number of hydrogen-bond acceptors (Lipinski definition) is 3. The van der Waals surface area contributed by atoms with Crippen LogP contribution in [0.15, 0.2) is 0 Å². The largest absolute Gasteiger partial charge is 0.481 e. The molecule has 0 bridgehead atoms. The van der Waals surface area contributed by atoms with Crippen LogP contribution in [-0.4, -0.2) is 23.1 Å². The second-order valence-corrected chi connectivity index (χ2v) is 7.77. The normalized spacial score (nSPS) is 33.4. The van der Waals surface area contributed by atoms with E-state index in [0.717, 1.165) is 32.1 Å². The molecule has 3 atom stereocenters. The van der Waals surface area contributed by atoms with Crippen LogP contribution < -0.4 is 0 Å². The molecule has 0 aromatic heterocycles. The molecule has 0 aromatic carbocycles. The molecule has 21 heavy (non-hydrogen) atoms. The number of esters is 1. The lowest BCUT2D eigenvalue weighted by Crippen LogP contribution is -2.38. The third kappa shape index (κ3) is 4.21. The Labute approximate surface area is 127 Å². The van der Waals surface area contributed by atoms with Gasteiger partial charge in [-0.1, -0.05) is 20.8 Å². The standard InChI is InChI=1S/C17H28O4/c1-11-4-5-13(14(10-11)15(18)19)16(20)21-12-6-8-17(2,3)9-7-12/h11-14H,4-10H2,1-3H3,(H,18,19). The molecule has 2 aliphatic rings. The van der Waals surface area contributed by atoms with Gasteiger partial charge in [-0.15, -0.1) is 0 Å². The maximum Gasteiger partial charge on any atom is 0.310 e. The molecule has 2 rings (SSSR count). The van der Waals surface area contributed by atoms with Gasteiger partial charge in [-0.05, 0) is 56.3 Å². The first-order chi connectivity index (χ1) is 9.78. The van der Waals surface area contributed by atoms with E-state index >= 15 is 0 Å². The third-order valence-electron chi connectivity index (χ3n) is 5.30. The van der Waals surface area contributed by atoms with Crippen LogP contribution in [0.1, 0.15) is 65.7 Å². The van der Waals surface area contributed by atoms with Crippen molar-refractivity contribution in [2.75, 3.05) is 0 Å². The van der Waals surface area contributed by atoms with Gasteiger partial charge in [0.2, 0.25) is 0 Å². The third-order valence-corrected chi connectivity index (χ3v) is 5.30. The fourth-order valence-electron chi connectivity index (χ4n) is 3.68. The van der Waals surface area contributed by atoms with Crippen LogP contribution in [0.3, 0.4) is 0 Å². The summed E-state index contributed by atoms with van der Waals surface area (Å²) >= 11 is 0. The van der Waals surface area contributed by atoms with Crippen molar-refractivity contribution >= 4 is 11.9 Å². The van der Waals surface area contributed by atoms with Crippen molar-refractivity contribution < 1.29 is 19.4 Å². The summed E-state index contributed by atoms with van der Waals surface area (Å²) in [4.78, 5) is 23.7. The second kappa shape index (κ2) is 6.37. The first-order valence-corrected chi connectivity index (χ1v) is 8.22. The van der Waals surface area contributed by atoms with Crippen molar-refractivity contribution in [3.8, 4) is 0 Å². The van der Waals surface area contributed by atoms with E-state index in [2.05, 4.69) is 20.8 Å². The van der Waals surface area contributed by atoms with Crippen LogP contribution in [0.25, 0.3) is 0 Å². The fourth-order valence-corrected chi connectivity index (χ4v) is 3.68. The zero-order chi connectivity index (χ0) is 15.6. The lowest BCUT2D eigenvalue weighted by Gasteiger charge is -2.36. The predicted molar refractivity (Wildman–Crippen MR) is 79.8 cm³/mol. The van der Waals surface area contributed by atoms with E-state index in [-0.39, 0.29) is 12.1 Å². The molecule has 0 amide bonds. The summed E-state index contributed by atoms with van der Waals surface area (Å²) in [6.07, 6.45) is 6.08. The van der Waals surface area contributed by atoms with Gasteiger partial charge in [0.05, 0.1) is 11.8 Å². The molecule has 2 aliphatic carbocycles. The highest BCUT2D eigenvalue weighted by Gasteiger charge is 2.40. The first-order valence-electron chi connectivity index (χ1n) is 8.22. The molecule has 0 aromatic rings. The van der Waals surface area contributed by atoms with Crippen LogP contribution in [0.4, 0.5) is 0 Å². The Hall–Kier alpha value is -1.06. The number of carboxylic acid groups (broad SMARTS) is 1. The minimum absolute atomic E-state index is 0.0145. The zero-order valence-corrected chi connectivity index (χ0v) is 13.4. The quantitative estimate of drug-likeness (QED) is 0.808. The molecule has 3 unspecified atom stereocenters. The molecule has 0 aliphatic heterocycles. The van der Waals surface area contributed by atoms with Crippen LogP contribution >= 0.6 is 0 Å². The number of carbonyl (C=O) groups excluding carboxylic acids is 1. The van der Waals surface area contributed by atoms with E-state index in [1.54, 1.807) is 0 Å². The maximum absolute atomic E-state index is 12.4. The van der Waals surface area contributed by atoms with Crippen LogP contribution in [0.2, 0.25) is 0 Å². The van der Waals surface area contributed by atoms with Crippen molar-refractivity contribution in [1.82, 2.24) is 0 Å². The SMILES string of the molecule is CC1CCC(C(=O)OC2CCC(C)(C)CC2)C(C(=O)O)C1. The summed E-state index contributed by atoms with van der Waals surface area (Å²) < 4.78 is 5.64. The summed E-state index contributed by atoms with van der Waals surface area (Å²) in [5.41, 5.74) is 0.340.